The summed E-state index contributed by atoms with van der Waals surface area (Å²) in [6.07, 6.45) is 11.8. The Morgan fingerprint density at radius 3 is 1.25 bits per heavy atom. The van der Waals surface area contributed by atoms with Crippen LogP contribution >= 0.6 is 21.6 Å². The summed E-state index contributed by atoms with van der Waals surface area (Å²) >= 11 is 0. The van der Waals surface area contributed by atoms with E-state index in [-0.39, 0.29) is 0 Å². The van der Waals surface area contributed by atoms with Crippen molar-refractivity contribution in [1.82, 2.24) is 0 Å². The molecule has 0 unspecified atom stereocenters. The fourth-order valence-electron chi connectivity index (χ4n) is 3.68. The van der Waals surface area contributed by atoms with E-state index in [0.717, 1.165) is 32.3 Å². The first-order valence-electron chi connectivity index (χ1n) is 13.0. The highest BCUT2D eigenvalue weighted by Gasteiger charge is 2.06. The molecule has 0 aliphatic heterocycles. The topological polar surface area (TPSA) is 31.2 Å². The van der Waals surface area contributed by atoms with Crippen molar-refractivity contribution < 1.29 is 0 Å². The maximum atomic E-state index is 4.71. The van der Waals surface area contributed by atoms with Gasteiger partial charge in [-0.15, -0.1) is 0 Å². The number of aliphatic imine (C=N–C) groups is 2. The Morgan fingerprint density at radius 2 is 0.875 bits per heavy atom. The summed E-state index contributed by atoms with van der Waals surface area (Å²) in [6, 6.07) is 33.3. The van der Waals surface area contributed by atoms with Crippen molar-refractivity contribution in [1.29, 1.82) is 0 Å². The molecule has 0 saturated heterocycles. The standard InChI is InChI=1S/C34H34N4S2/c1-37(2)29-21-17-27(18-22-29)11-9-25-35-31-13-5-7-15-33(31)39-40-34-16-8-6-14-32(34)36-26-10-12-28-19-23-30(24-20-28)38(3)4/h5-26H,1-4H3/b11-9-,12-10+,35-25?,36-26?. The van der Waals surface area contributed by atoms with E-state index in [0.29, 0.717) is 0 Å². The quantitative estimate of drug-likeness (QED) is 0.135. The molecule has 0 fully saturated rings. The van der Waals surface area contributed by atoms with Gasteiger partial charge in [-0.1, -0.05) is 82.3 Å². The van der Waals surface area contributed by atoms with Gasteiger partial charge in [-0.25, -0.2) is 0 Å². The predicted octanol–water partition coefficient (Wildman–Crippen LogP) is 9.45. The van der Waals surface area contributed by atoms with Gasteiger partial charge in [0.25, 0.3) is 0 Å². The Bertz CT molecular complexity index is 1370. The van der Waals surface area contributed by atoms with Crippen LogP contribution in [0.5, 0.6) is 0 Å². The normalized spacial score (nSPS) is 11.8. The number of para-hydroxylation sites is 2. The van der Waals surface area contributed by atoms with Gasteiger partial charge in [0.1, 0.15) is 0 Å². The summed E-state index contributed by atoms with van der Waals surface area (Å²) in [6.45, 7) is 0. The zero-order valence-corrected chi connectivity index (χ0v) is 24.9. The van der Waals surface area contributed by atoms with Gasteiger partial charge in [0.2, 0.25) is 0 Å². The number of allylic oxidation sites excluding steroid dienone is 2. The molecule has 0 N–H and O–H groups in total. The van der Waals surface area contributed by atoms with Crippen LogP contribution in [0.3, 0.4) is 0 Å². The van der Waals surface area contributed by atoms with Crippen molar-refractivity contribution in [3.05, 3.63) is 120 Å². The number of nitrogens with zero attached hydrogens (tertiary/aromatic N) is 4. The smallest absolute Gasteiger partial charge is 0.0774 e. The highest BCUT2D eigenvalue weighted by atomic mass is 33.1. The van der Waals surface area contributed by atoms with Gasteiger partial charge < -0.3 is 9.80 Å². The molecule has 4 aromatic rings. The van der Waals surface area contributed by atoms with Gasteiger partial charge in [-0.05, 0) is 71.8 Å². The van der Waals surface area contributed by atoms with Crippen LogP contribution in [-0.4, -0.2) is 40.6 Å². The SMILES string of the molecule is CN(C)c1ccc(/C=C\C=Nc2ccccc2SSc2ccccc2N=C/C=C/c2ccc(N(C)C)cc2)cc1. The molecule has 0 heterocycles. The van der Waals surface area contributed by atoms with E-state index in [2.05, 4.69) is 82.6 Å². The summed E-state index contributed by atoms with van der Waals surface area (Å²) in [5.41, 5.74) is 6.54. The summed E-state index contributed by atoms with van der Waals surface area (Å²) in [5.74, 6) is 0. The van der Waals surface area contributed by atoms with Gasteiger partial charge >= 0.3 is 0 Å². The summed E-state index contributed by atoms with van der Waals surface area (Å²) in [5, 5.41) is 0. The van der Waals surface area contributed by atoms with E-state index in [9.17, 15) is 0 Å². The highest BCUT2D eigenvalue weighted by Crippen LogP contribution is 2.44. The molecule has 0 radical (unpaired) electrons. The maximum Gasteiger partial charge on any atom is 0.0774 e. The third kappa shape index (κ3) is 8.76. The van der Waals surface area contributed by atoms with Crippen molar-refractivity contribution in [2.45, 2.75) is 9.79 Å². The van der Waals surface area contributed by atoms with Crippen LogP contribution in [0.1, 0.15) is 11.1 Å². The number of anilines is 2. The van der Waals surface area contributed by atoms with Crippen LogP contribution < -0.4 is 9.80 Å². The van der Waals surface area contributed by atoms with Crippen molar-refractivity contribution in [3.63, 3.8) is 0 Å². The van der Waals surface area contributed by atoms with Crippen molar-refractivity contribution in [2.75, 3.05) is 38.0 Å². The van der Waals surface area contributed by atoms with Crippen LogP contribution in [0.2, 0.25) is 0 Å². The lowest BCUT2D eigenvalue weighted by Gasteiger charge is -2.11. The summed E-state index contributed by atoms with van der Waals surface area (Å²) < 4.78 is 0. The van der Waals surface area contributed by atoms with E-state index >= 15 is 0 Å². The first kappa shape index (κ1) is 29.0. The first-order chi connectivity index (χ1) is 19.5. The average Bonchev–Trinajstić information content (AvgIpc) is 2.98. The fourth-order valence-corrected chi connectivity index (χ4v) is 5.92. The minimum atomic E-state index is 0.941. The molecule has 0 atom stereocenters. The average molecular weight is 563 g/mol. The van der Waals surface area contributed by atoms with E-state index in [1.165, 1.54) is 11.4 Å². The number of hydrogen-bond donors (Lipinski definition) is 0. The Balaban J connectivity index is 1.37. The molecular formula is C34H34N4S2. The molecule has 0 amide bonds. The predicted molar refractivity (Wildman–Crippen MR) is 181 cm³/mol. The van der Waals surface area contributed by atoms with Gasteiger partial charge in [-0.3, -0.25) is 9.98 Å². The van der Waals surface area contributed by atoms with Crippen molar-refractivity contribution in [2.24, 2.45) is 9.98 Å². The van der Waals surface area contributed by atoms with Crippen LogP contribution in [0.4, 0.5) is 22.7 Å². The van der Waals surface area contributed by atoms with Gasteiger partial charge in [0, 0.05) is 61.8 Å². The third-order valence-corrected chi connectivity index (χ3v) is 8.41. The lowest BCUT2D eigenvalue weighted by Crippen LogP contribution is -2.07. The second-order valence-electron chi connectivity index (χ2n) is 9.35. The second kappa shape index (κ2) is 15.0. The zero-order chi connectivity index (χ0) is 28.2. The number of rotatable bonds is 11. The molecule has 0 aromatic heterocycles. The Labute approximate surface area is 246 Å². The monoisotopic (exact) mass is 562 g/mol. The van der Waals surface area contributed by atoms with Gasteiger partial charge in [-0.2, -0.15) is 0 Å². The summed E-state index contributed by atoms with van der Waals surface area (Å²) in [4.78, 5) is 15.8. The maximum absolute atomic E-state index is 4.71. The number of hydrogen-bond acceptors (Lipinski definition) is 6. The van der Waals surface area contributed by atoms with Crippen LogP contribution in [0.25, 0.3) is 12.2 Å². The molecule has 0 aliphatic carbocycles. The second-order valence-corrected chi connectivity index (χ2v) is 11.6. The minimum Gasteiger partial charge on any atom is -0.378 e. The third-order valence-electron chi connectivity index (χ3n) is 5.95. The van der Waals surface area contributed by atoms with E-state index < -0.39 is 0 Å². The molecule has 4 rings (SSSR count). The van der Waals surface area contributed by atoms with Crippen LogP contribution in [0, 0.1) is 0 Å². The molecule has 0 bridgehead atoms. The lowest BCUT2D eigenvalue weighted by molar-refractivity contribution is 1.13. The van der Waals surface area contributed by atoms with Crippen LogP contribution in [0.15, 0.2) is 129 Å². The Kier molecular flexibility index (Phi) is 10.8. The Hall–Kier alpha value is -4.00. The van der Waals surface area contributed by atoms with Crippen molar-refractivity contribution in [3.8, 4) is 0 Å². The zero-order valence-electron chi connectivity index (χ0n) is 23.3. The molecule has 0 aliphatic rings. The van der Waals surface area contributed by atoms with Crippen LogP contribution in [-0.2, 0) is 0 Å². The fraction of sp³-hybridized carbons (Fsp3) is 0.118. The molecule has 6 heteroatoms. The van der Waals surface area contributed by atoms with Gasteiger partial charge in [0.15, 0.2) is 0 Å². The van der Waals surface area contributed by atoms with Crippen molar-refractivity contribution >= 4 is 68.9 Å². The lowest BCUT2D eigenvalue weighted by atomic mass is 10.2. The molecule has 0 spiro atoms. The largest absolute Gasteiger partial charge is 0.378 e. The molecule has 40 heavy (non-hydrogen) atoms. The van der Waals surface area contributed by atoms with E-state index in [1.807, 2.05) is 89.2 Å². The molecule has 4 aromatic carbocycles. The molecular weight excluding hydrogens is 529 g/mol. The molecule has 202 valence electrons. The molecule has 0 saturated carbocycles. The minimum absolute atomic E-state index is 0.941. The summed E-state index contributed by atoms with van der Waals surface area (Å²) in [7, 11) is 11.6. The first-order valence-corrected chi connectivity index (χ1v) is 15.1. The number of benzene rings is 4. The van der Waals surface area contributed by atoms with E-state index in [4.69, 9.17) is 9.98 Å². The van der Waals surface area contributed by atoms with Gasteiger partial charge in [0.05, 0.1) is 11.4 Å². The highest BCUT2D eigenvalue weighted by molar-refractivity contribution is 8.76. The van der Waals surface area contributed by atoms with E-state index in [1.54, 1.807) is 21.6 Å². The Morgan fingerprint density at radius 1 is 0.500 bits per heavy atom. The molecule has 4 nitrogen and oxygen atoms in total.